The highest BCUT2D eigenvalue weighted by Crippen LogP contribution is 2.54. The predicted octanol–water partition coefficient (Wildman–Crippen LogP) is 2.74. The molecule has 1 N–H and O–H groups in total. The smallest absolute Gasteiger partial charge is 0.0728 e. The zero-order chi connectivity index (χ0) is 11.8. The van der Waals surface area contributed by atoms with Gasteiger partial charge in [0.15, 0.2) is 0 Å². The number of rotatable bonds is 4. The molecule has 1 aliphatic rings. The minimum atomic E-state index is -0.617. The van der Waals surface area contributed by atoms with Crippen LogP contribution in [0.1, 0.15) is 44.9 Å². The summed E-state index contributed by atoms with van der Waals surface area (Å²) in [7, 11) is 0. The van der Waals surface area contributed by atoms with Gasteiger partial charge in [0.2, 0.25) is 0 Å². The molecule has 1 saturated carbocycles. The van der Waals surface area contributed by atoms with Crippen LogP contribution in [0.2, 0.25) is 0 Å². The predicted molar refractivity (Wildman–Crippen MR) is 65.3 cm³/mol. The van der Waals surface area contributed by atoms with Gasteiger partial charge in [-0.25, -0.2) is 0 Å². The van der Waals surface area contributed by atoms with Gasteiger partial charge in [0.1, 0.15) is 0 Å². The second kappa shape index (κ2) is 3.85. The van der Waals surface area contributed by atoms with Crippen LogP contribution in [0.3, 0.4) is 0 Å². The molecular weight excluding hydrogens is 198 g/mol. The molecule has 1 aromatic rings. The lowest BCUT2D eigenvalue weighted by Gasteiger charge is -2.30. The summed E-state index contributed by atoms with van der Waals surface area (Å²) in [6.45, 7) is 6.22. The van der Waals surface area contributed by atoms with Gasteiger partial charge in [0.05, 0.1) is 5.60 Å². The van der Waals surface area contributed by atoms with Crippen LogP contribution in [0.25, 0.3) is 0 Å². The Morgan fingerprint density at radius 2 is 2.12 bits per heavy atom. The molecule has 0 spiro atoms. The van der Waals surface area contributed by atoms with E-state index in [2.05, 4.69) is 24.9 Å². The summed E-state index contributed by atoms with van der Waals surface area (Å²) in [4.78, 5) is 4.42. The summed E-state index contributed by atoms with van der Waals surface area (Å²) in [5.74, 6) is 0. The Kier molecular flexibility index (Phi) is 2.79. The van der Waals surface area contributed by atoms with Crippen LogP contribution >= 0.6 is 0 Å². The third kappa shape index (κ3) is 2.12. The van der Waals surface area contributed by atoms with Crippen molar-refractivity contribution in [2.24, 2.45) is 5.41 Å². The monoisotopic (exact) mass is 219 g/mol. The number of hydrogen-bond donors (Lipinski definition) is 1. The Hall–Kier alpha value is -0.890. The molecule has 0 saturated heterocycles. The summed E-state index contributed by atoms with van der Waals surface area (Å²) in [6, 6.07) is 4.15. The number of aryl methyl sites for hydroxylation is 1. The zero-order valence-corrected chi connectivity index (χ0v) is 10.5. The highest BCUT2D eigenvalue weighted by atomic mass is 16.3. The van der Waals surface area contributed by atoms with Crippen LogP contribution in [-0.4, -0.2) is 15.7 Å². The number of aliphatic hydroxyl groups is 1. The van der Waals surface area contributed by atoms with Gasteiger partial charge < -0.3 is 5.11 Å². The minimum absolute atomic E-state index is 0.109. The summed E-state index contributed by atoms with van der Waals surface area (Å²) in [6.07, 6.45) is 5.86. The first-order valence-corrected chi connectivity index (χ1v) is 6.13. The standard InChI is InChI=1S/C14H21NO/c1-4-11-5-6-12(15-10-11)9-14(3,16)13(2)7-8-13/h5-6,10,16H,4,7-9H2,1-3H3. The molecule has 2 nitrogen and oxygen atoms in total. The van der Waals surface area contributed by atoms with Gasteiger partial charge in [-0.05, 0) is 43.2 Å². The van der Waals surface area contributed by atoms with Crippen LogP contribution < -0.4 is 0 Å². The van der Waals surface area contributed by atoms with Crippen LogP contribution in [-0.2, 0) is 12.8 Å². The first-order valence-electron chi connectivity index (χ1n) is 6.13. The maximum atomic E-state index is 10.5. The van der Waals surface area contributed by atoms with Gasteiger partial charge in [-0.1, -0.05) is 19.9 Å². The van der Waals surface area contributed by atoms with Crippen molar-refractivity contribution in [2.45, 2.75) is 52.1 Å². The average molecular weight is 219 g/mol. The number of nitrogens with zero attached hydrogens (tertiary/aromatic N) is 1. The van der Waals surface area contributed by atoms with E-state index in [1.165, 1.54) is 5.56 Å². The van der Waals surface area contributed by atoms with Crippen LogP contribution in [0.15, 0.2) is 18.3 Å². The molecule has 16 heavy (non-hydrogen) atoms. The van der Waals surface area contributed by atoms with Crippen molar-refractivity contribution in [3.8, 4) is 0 Å². The zero-order valence-electron chi connectivity index (χ0n) is 10.5. The van der Waals surface area contributed by atoms with E-state index in [0.717, 1.165) is 25.0 Å². The molecule has 0 aliphatic heterocycles. The van der Waals surface area contributed by atoms with E-state index < -0.39 is 5.60 Å². The average Bonchev–Trinajstić information content (AvgIpc) is 2.99. The van der Waals surface area contributed by atoms with E-state index >= 15 is 0 Å². The van der Waals surface area contributed by atoms with Gasteiger partial charge in [0, 0.05) is 18.3 Å². The molecule has 0 aromatic carbocycles. The van der Waals surface area contributed by atoms with Gasteiger partial charge in [0.25, 0.3) is 0 Å². The molecule has 0 radical (unpaired) electrons. The molecule has 2 heteroatoms. The highest BCUT2D eigenvalue weighted by molar-refractivity contribution is 5.17. The van der Waals surface area contributed by atoms with Crippen molar-refractivity contribution in [3.63, 3.8) is 0 Å². The van der Waals surface area contributed by atoms with Crippen molar-refractivity contribution in [1.82, 2.24) is 4.98 Å². The Morgan fingerprint density at radius 3 is 2.56 bits per heavy atom. The molecule has 1 unspecified atom stereocenters. The second-order valence-corrected chi connectivity index (χ2v) is 5.52. The van der Waals surface area contributed by atoms with Gasteiger partial charge in [-0.2, -0.15) is 0 Å². The van der Waals surface area contributed by atoms with Crippen molar-refractivity contribution in [1.29, 1.82) is 0 Å². The fourth-order valence-corrected chi connectivity index (χ4v) is 2.06. The quantitative estimate of drug-likeness (QED) is 0.844. The fourth-order valence-electron chi connectivity index (χ4n) is 2.06. The second-order valence-electron chi connectivity index (χ2n) is 5.52. The molecule has 1 aromatic heterocycles. The molecule has 0 amide bonds. The van der Waals surface area contributed by atoms with Crippen molar-refractivity contribution in [3.05, 3.63) is 29.6 Å². The number of aromatic nitrogens is 1. The molecular formula is C14H21NO. The van der Waals surface area contributed by atoms with Crippen molar-refractivity contribution >= 4 is 0 Å². The van der Waals surface area contributed by atoms with E-state index in [1.807, 2.05) is 19.2 Å². The Balaban J connectivity index is 2.08. The third-order valence-corrected chi connectivity index (χ3v) is 4.12. The molecule has 1 atom stereocenters. The lowest BCUT2D eigenvalue weighted by molar-refractivity contribution is -0.00783. The van der Waals surface area contributed by atoms with Crippen molar-refractivity contribution in [2.75, 3.05) is 0 Å². The van der Waals surface area contributed by atoms with E-state index in [9.17, 15) is 5.11 Å². The molecule has 1 aliphatic carbocycles. The SMILES string of the molecule is CCc1ccc(CC(C)(O)C2(C)CC2)nc1. The summed E-state index contributed by atoms with van der Waals surface area (Å²) in [5, 5.41) is 10.5. The lowest BCUT2D eigenvalue weighted by Crippen LogP contribution is -2.37. The Morgan fingerprint density at radius 1 is 1.44 bits per heavy atom. The first-order chi connectivity index (χ1) is 7.47. The first kappa shape index (κ1) is 11.6. The summed E-state index contributed by atoms with van der Waals surface area (Å²) >= 11 is 0. The van der Waals surface area contributed by atoms with Crippen molar-refractivity contribution < 1.29 is 5.11 Å². The topological polar surface area (TPSA) is 33.1 Å². The van der Waals surface area contributed by atoms with E-state index in [4.69, 9.17) is 0 Å². The van der Waals surface area contributed by atoms with E-state index in [0.29, 0.717) is 6.42 Å². The van der Waals surface area contributed by atoms with Gasteiger partial charge in [-0.3, -0.25) is 4.98 Å². The van der Waals surface area contributed by atoms with Gasteiger partial charge in [-0.15, -0.1) is 0 Å². The molecule has 1 heterocycles. The van der Waals surface area contributed by atoms with Crippen LogP contribution in [0, 0.1) is 5.41 Å². The van der Waals surface area contributed by atoms with Crippen LogP contribution in [0.4, 0.5) is 0 Å². The molecule has 88 valence electrons. The number of hydrogen-bond acceptors (Lipinski definition) is 2. The third-order valence-electron chi connectivity index (χ3n) is 4.12. The van der Waals surface area contributed by atoms with Crippen LogP contribution in [0.5, 0.6) is 0 Å². The van der Waals surface area contributed by atoms with Gasteiger partial charge >= 0.3 is 0 Å². The number of pyridine rings is 1. The summed E-state index contributed by atoms with van der Waals surface area (Å²) in [5.41, 5.74) is 1.74. The highest BCUT2D eigenvalue weighted by Gasteiger charge is 2.52. The molecule has 1 fully saturated rings. The molecule has 0 bridgehead atoms. The Labute approximate surface area is 97.7 Å². The normalized spacial score (nSPS) is 21.5. The van der Waals surface area contributed by atoms with E-state index in [1.54, 1.807) is 0 Å². The maximum absolute atomic E-state index is 10.5. The Bertz CT molecular complexity index is 363. The minimum Gasteiger partial charge on any atom is -0.389 e. The summed E-state index contributed by atoms with van der Waals surface area (Å²) < 4.78 is 0. The fraction of sp³-hybridized carbons (Fsp3) is 0.643. The maximum Gasteiger partial charge on any atom is 0.0728 e. The molecule has 2 rings (SSSR count). The lowest BCUT2D eigenvalue weighted by atomic mass is 9.83. The van der Waals surface area contributed by atoms with E-state index in [-0.39, 0.29) is 5.41 Å². The largest absolute Gasteiger partial charge is 0.389 e.